The minimum Gasteiger partial charge on any atom is -0.493 e. The number of nitrogens with one attached hydrogen (secondary N) is 1. The summed E-state index contributed by atoms with van der Waals surface area (Å²) in [5.74, 6) is 0.116. The van der Waals surface area contributed by atoms with E-state index in [0.29, 0.717) is 38.7 Å². The van der Waals surface area contributed by atoms with Gasteiger partial charge in [0.2, 0.25) is 0 Å². The molecule has 0 saturated carbocycles. The lowest BCUT2D eigenvalue weighted by molar-refractivity contribution is -0.122. The molecule has 0 bridgehead atoms. The lowest BCUT2D eigenvalue weighted by Crippen LogP contribution is -2.27. The first-order valence-corrected chi connectivity index (χ1v) is 10.6. The van der Waals surface area contributed by atoms with Crippen molar-refractivity contribution >= 4 is 56.5 Å². The Morgan fingerprint density at radius 2 is 1.97 bits per heavy atom. The van der Waals surface area contributed by atoms with Crippen LogP contribution in [0.1, 0.15) is 12.5 Å². The number of carbonyl (C=O) groups is 3. The molecule has 0 aliphatic carbocycles. The van der Waals surface area contributed by atoms with Crippen LogP contribution in [0.2, 0.25) is 0 Å². The summed E-state index contributed by atoms with van der Waals surface area (Å²) in [6.07, 6.45) is 1.62. The van der Waals surface area contributed by atoms with Gasteiger partial charge in [-0.2, -0.15) is 0 Å². The summed E-state index contributed by atoms with van der Waals surface area (Å²) in [6, 6.07) is 12.5. The van der Waals surface area contributed by atoms with Gasteiger partial charge in [-0.05, 0) is 70.5 Å². The van der Waals surface area contributed by atoms with E-state index in [4.69, 9.17) is 9.47 Å². The highest BCUT2D eigenvalue weighted by molar-refractivity contribution is 9.10. The number of amides is 3. The molecule has 7 nitrogen and oxygen atoms in total. The Morgan fingerprint density at radius 1 is 1.23 bits per heavy atom. The third-order valence-electron chi connectivity index (χ3n) is 4.14. The number of nitrogens with zero attached hydrogens (tertiary/aromatic N) is 1. The summed E-state index contributed by atoms with van der Waals surface area (Å²) in [5.41, 5.74) is 1.33. The van der Waals surface area contributed by atoms with Crippen LogP contribution < -0.4 is 14.8 Å². The van der Waals surface area contributed by atoms with Crippen LogP contribution >= 0.6 is 27.7 Å². The fraction of sp³-hybridized carbons (Fsp3) is 0.190. The van der Waals surface area contributed by atoms with Gasteiger partial charge in [-0.1, -0.05) is 18.2 Å². The van der Waals surface area contributed by atoms with E-state index in [2.05, 4.69) is 21.2 Å². The van der Waals surface area contributed by atoms with Crippen LogP contribution in [0.3, 0.4) is 0 Å². The van der Waals surface area contributed by atoms with Gasteiger partial charge in [0.1, 0.15) is 0 Å². The largest absolute Gasteiger partial charge is 0.493 e. The van der Waals surface area contributed by atoms with Crippen molar-refractivity contribution in [2.75, 3.05) is 25.6 Å². The summed E-state index contributed by atoms with van der Waals surface area (Å²) >= 11 is 4.32. The number of halogens is 1. The van der Waals surface area contributed by atoms with Gasteiger partial charge in [0.15, 0.2) is 18.1 Å². The minimum atomic E-state index is -0.319. The summed E-state index contributed by atoms with van der Waals surface area (Å²) in [5, 5.41) is 2.45. The van der Waals surface area contributed by atoms with Crippen molar-refractivity contribution in [2.45, 2.75) is 6.92 Å². The van der Waals surface area contributed by atoms with Crippen molar-refractivity contribution in [3.05, 3.63) is 57.4 Å². The van der Waals surface area contributed by atoms with Crippen LogP contribution in [-0.4, -0.2) is 42.2 Å². The molecule has 1 heterocycles. The van der Waals surface area contributed by atoms with Gasteiger partial charge in [-0.3, -0.25) is 19.3 Å². The SMILES string of the molecule is CCN1C(=O)S/C(=C/c2cc(Br)c(OCC(=O)Nc3ccccc3)c(OC)c2)C1=O. The number of ether oxygens (including phenoxy) is 2. The van der Waals surface area contributed by atoms with Crippen LogP contribution in [0.25, 0.3) is 6.08 Å². The standard InChI is InChI=1S/C21H19BrN2O5S/c1-3-24-20(26)17(30-21(24)27)11-13-9-15(22)19(16(10-13)28-2)29-12-18(25)23-14-7-5-4-6-8-14/h4-11H,3,12H2,1-2H3,(H,23,25)/b17-11+. The molecule has 0 unspecified atom stereocenters. The van der Waals surface area contributed by atoms with E-state index in [1.165, 1.54) is 12.0 Å². The van der Waals surface area contributed by atoms with Gasteiger partial charge < -0.3 is 14.8 Å². The zero-order chi connectivity index (χ0) is 21.7. The number of thioether (sulfide) groups is 1. The molecule has 3 rings (SSSR count). The van der Waals surface area contributed by atoms with E-state index < -0.39 is 0 Å². The number of likely N-dealkylation sites (N-methyl/N-ethyl adjacent to an activating group) is 1. The Kier molecular flexibility index (Phi) is 7.17. The van der Waals surface area contributed by atoms with E-state index in [1.807, 2.05) is 18.2 Å². The molecule has 3 amide bonds. The molecular formula is C21H19BrN2O5S. The normalized spacial score (nSPS) is 14.9. The molecule has 1 N–H and O–H groups in total. The van der Waals surface area contributed by atoms with Gasteiger partial charge in [-0.15, -0.1) is 0 Å². The van der Waals surface area contributed by atoms with E-state index in [-0.39, 0.29) is 23.7 Å². The number of para-hydroxylation sites is 1. The van der Waals surface area contributed by atoms with Gasteiger partial charge >= 0.3 is 0 Å². The number of hydrogen-bond donors (Lipinski definition) is 1. The first-order valence-electron chi connectivity index (χ1n) is 9.03. The molecule has 1 aliphatic rings. The summed E-state index contributed by atoms with van der Waals surface area (Å²) in [7, 11) is 1.48. The van der Waals surface area contributed by atoms with Crippen LogP contribution in [0.15, 0.2) is 51.8 Å². The number of hydrogen-bond acceptors (Lipinski definition) is 6. The zero-order valence-corrected chi connectivity index (χ0v) is 18.7. The van der Waals surface area contributed by atoms with E-state index >= 15 is 0 Å². The first-order chi connectivity index (χ1) is 14.4. The second kappa shape index (κ2) is 9.82. The predicted octanol–water partition coefficient (Wildman–Crippen LogP) is 4.53. The molecule has 0 radical (unpaired) electrons. The highest BCUT2D eigenvalue weighted by Gasteiger charge is 2.33. The summed E-state index contributed by atoms with van der Waals surface area (Å²) in [4.78, 5) is 37.8. The van der Waals surface area contributed by atoms with Crippen LogP contribution in [0.4, 0.5) is 10.5 Å². The molecule has 0 aromatic heterocycles. The molecule has 9 heteroatoms. The third-order valence-corrected chi connectivity index (χ3v) is 5.64. The molecule has 2 aromatic carbocycles. The average molecular weight is 491 g/mol. The van der Waals surface area contributed by atoms with Crippen molar-refractivity contribution in [2.24, 2.45) is 0 Å². The van der Waals surface area contributed by atoms with Crippen molar-refractivity contribution in [3.8, 4) is 11.5 Å². The van der Waals surface area contributed by atoms with Crippen molar-refractivity contribution in [1.29, 1.82) is 0 Å². The molecule has 1 fully saturated rings. The third kappa shape index (κ3) is 5.03. The summed E-state index contributed by atoms with van der Waals surface area (Å²) < 4.78 is 11.6. The molecule has 1 aliphatic heterocycles. The maximum absolute atomic E-state index is 12.3. The number of methoxy groups -OCH3 is 1. The van der Waals surface area contributed by atoms with Gasteiger partial charge in [0, 0.05) is 12.2 Å². The smallest absolute Gasteiger partial charge is 0.293 e. The number of anilines is 1. The Bertz CT molecular complexity index is 1010. The lowest BCUT2D eigenvalue weighted by Gasteiger charge is -2.14. The van der Waals surface area contributed by atoms with Crippen molar-refractivity contribution < 1.29 is 23.9 Å². The Morgan fingerprint density at radius 3 is 2.60 bits per heavy atom. The van der Waals surface area contributed by atoms with E-state index in [1.54, 1.807) is 37.3 Å². The maximum atomic E-state index is 12.3. The lowest BCUT2D eigenvalue weighted by atomic mass is 10.2. The second-order valence-electron chi connectivity index (χ2n) is 6.16. The topological polar surface area (TPSA) is 84.9 Å². The number of carbonyl (C=O) groups excluding carboxylic acids is 3. The average Bonchev–Trinajstić information content (AvgIpc) is 2.99. The minimum absolute atomic E-state index is 0.210. The molecule has 0 atom stereocenters. The van der Waals surface area contributed by atoms with E-state index in [0.717, 1.165) is 11.8 Å². The highest BCUT2D eigenvalue weighted by atomic mass is 79.9. The molecule has 156 valence electrons. The van der Waals surface area contributed by atoms with Crippen LogP contribution in [-0.2, 0) is 9.59 Å². The summed E-state index contributed by atoms with van der Waals surface area (Å²) in [6.45, 7) is 1.87. The van der Waals surface area contributed by atoms with Gasteiger partial charge in [-0.25, -0.2) is 0 Å². The van der Waals surface area contributed by atoms with Crippen molar-refractivity contribution in [3.63, 3.8) is 0 Å². The molecular weight excluding hydrogens is 472 g/mol. The molecule has 1 saturated heterocycles. The van der Waals surface area contributed by atoms with E-state index in [9.17, 15) is 14.4 Å². The number of benzene rings is 2. The molecule has 0 spiro atoms. The first kappa shape index (κ1) is 21.9. The van der Waals surface area contributed by atoms with Gasteiger partial charge in [0.05, 0.1) is 16.5 Å². The Labute approximate surface area is 186 Å². The highest BCUT2D eigenvalue weighted by Crippen LogP contribution is 2.39. The monoisotopic (exact) mass is 490 g/mol. The molecule has 30 heavy (non-hydrogen) atoms. The van der Waals surface area contributed by atoms with Crippen LogP contribution in [0, 0.1) is 0 Å². The second-order valence-corrected chi connectivity index (χ2v) is 8.01. The molecule has 2 aromatic rings. The maximum Gasteiger partial charge on any atom is 0.293 e. The zero-order valence-electron chi connectivity index (χ0n) is 16.3. The fourth-order valence-electron chi connectivity index (χ4n) is 2.74. The fourth-order valence-corrected chi connectivity index (χ4v) is 4.22. The van der Waals surface area contributed by atoms with Gasteiger partial charge in [0.25, 0.3) is 17.1 Å². The Balaban J connectivity index is 1.74. The predicted molar refractivity (Wildman–Crippen MR) is 120 cm³/mol. The number of imide groups is 1. The number of rotatable bonds is 7. The quantitative estimate of drug-likeness (QED) is 0.573. The van der Waals surface area contributed by atoms with Crippen LogP contribution in [0.5, 0.6) is 11.5 Å². The van der Waals surface area contributed by atoms with Crippen molar-refractivity contribution in [1.82, 2.24) is 4.90 Å². The Hall–Kier alpha value is -2.78.